The third-order valence-electron chi connectivity index (χ3n) is 3.41. The molecule has 0 saturated carbocycles. The summed E-state index contributed by atoms with van der Waals surface area (Å²) in [5.74, 6) is 0.820. The van der Waals surface area contributed by atoms with Gasteiger partial charge >= 0.3 is 0 Å². The monoisotopic (exact) mass is 332 g/mol. The highest BCUT2D eigenvalue weighted by molar-refractivity contribution is 7.90. The summed E-state index contributed by atoms with van der Waals surface area (Å²) < 4.78 is 22.3. The van der Waals surface area contributed by atoms with Gasteiger partial charge in [-0.1, -0.05) is 13.8 Å². The van der Waals surface area contributed by atoms with Gasteiger partial charge < -0.3 is 15.5 Å². The molecule has 2 N–H and O–H groups in total. The van der Waals surface area contributed by atoms with Gasteiger partial charge in [0.25, 0.3) is 0 Å². The number of rotatable bonds is 6. The molecule has 1 rings (SSSR count). The summed E-state index contributed by atoms with van der Waals surface area (Å²) in [5, 5.41) is 6.38. The Morgan fingerprint density at radius 2 is 2.09 bits per heavy atom. The van der Waals surface area contributed by atoms with Crippen molar-refractivity contribution in [1.29, 1.82) is 0 Å². The van der Waals surface area contributed by atoms with Crippen LogP contribution in [0.25, 0.3) is 0 Å². The van der Waals surface area contributed by atoms with Gasteiger partial charge in [0, 0.05) is 37.8 Å². The molecule has 1 amide bonds. The van der Waals surface area contributed by atoms with E-state index in [-0.39, 0.29) is 30.2 Å². The SMILES string of the molecule is CCNC(=NCCS(C)(=O)=O)NC1CCN(C(=O)C(C)C)C1. The van der Waals surface area contributed by atoms with E-state index in [4.69, 9.17) is 0 Å². The van der Waals surface area contributed by atoms with Gasteiger partial charge in [-0.15, -0.1) is 0 Å². The van der Waals surface area contributed by atoms with E-state index in [0.29, 0.717) is 19.0 Å². The molecule has 0 aromatic heterocycles. The summed E-state index contributed by atoms with van der Waals surface area (Å²) in [6, 6.07) is 0.152. The average Bonchev–Trinajstić information content (AvgIpc) is 2.84. The first kappa shape index (κ1) is 18.7. The Bertz CT molecular complexity index is 502. The Labute approximate surface area is 133 Å². The van der Waals surface area contributed by atoms with Crippen LogP contribution in [0.5, 0.6) is 0 Å². The molecule has 1 saturated heterocycles. The van der Waals surface area contributed by atoms with Crippen molar-refractivity contribution in [1.82, 2.24) is 15.5 Å². The quantitative estimate of drug-likeness (QED) is 0.521. The van der Waals surface area contributed by atoms with Crippen LogP contribution in [0, 0.1) is 5.92 Å². The fourth-order valence-corrected chi connectivity index (χ4v) is 2.70. The number of sulfone groups is 1. The van der Waals surface area contributed by atoms with E-state index >= 15 is 0 Å². The highest BCUT2D eigenvalue weighted by Crippen LogP contribution is 2.12. The summed E-state index contributed by atoms with van der Waals surface area (Å²) in [5.41, 5.74) is 0. The van der Waals surface area contributed by atoms with Crippen LogP contribution in [0.15, 0.2) is 4.99 Å². The van der Waals surface area contributed by atoms with Crippen LogP contribution in [-0.2, 0) is 14.6 Å². The number of carbonyl (C=O) groups excluding carboxylic acids is 1. The number of aliphatic imine (C=N–C) groups is 1. The van der Waals surface area contributed by atoms with Crippen LogP contribution in [0.2, 0.25) is 0 Å². The van der Waals surface area contributed by atoms with Gasteiger partial charge in [-0.05, 0) is 13.3 Å². The molecule has 128 valence electrons. The molecule has 1 aliphatic rings. The molecular formula is C14H28N4O3S. The molecule has 0 bridgehead atoms. The fraction of sp³-hybridized carbons (Fsp3) is 0.857. The van der Waals surface area contributed by atoms with Crippen molar-refractivity contribution in [2.24, 2.45) is 10.9 Å². The van der Waals surface area contributed by atoms with Crippen molar-refractivity contribution in [2.45, 2.75) is 33.2 Å². The van der Waals surface area contributed by atoms with Crippen LogP contribution < -0.4 is 10.6 Å². The number of likely N-dealkylation sites (tertiary alicyclic amines) is 1. The minimum Gasteiger partial charge on any atom is -0.357 e. The van der Waals surface area contributed by atoms with Crippen LogP contribution in [-0.4, -0.2) is 69.4 Å². The van der Waals surface area contributed by atoms with E-state index in [0.717, 1.165) is 13.0 Å². The lowest BCUT2D eigenvalue weighted by molar-refractivity contribution is -0.133. The van der Waals surface area contributed by atoms with E-state index < -0.39 is 9.84 Å². The van der Waals surface area contributed by atoms with E-state index in [1.54, 1.807) is 0 Å². The van der Waals surface area contributed by atoms with Gasteiger partial charge in [0.2, 0.25) is 5.91 Å². The van der Waals surface area contributed by atoms with Crippen molar-refractivity contribution in [3.8, 4) is 0 Å². The number of amides is 1. The summed E-state index contributed by atoms with van der Waals surface area (Å²) >= 11 is 0. The Balaban J connectivity index is 2.54. The summed E-state index contributed by atoms with van der Waals surface area (Å²) in [7, 11) is -3.01. The van der Waals surface area contributed by atoms with Gasteiger partial charge in [0.05, 0.1) is 12.3 Å². The molecule has 0 spiro atoms. The predicted octanol–water partition coefficient (Wildman–Crippen LogP) is -0.157. The van der Waals surface area contributed by atoms with E-state index in [1.807, 2.05) is 25.7 Å². The molecule has 0 aliphatic carbocycles. The maximum atomic E-state index is 12.0. The summed E-state index contributed by atoms with van der Waals surface area (Å²) in [4.78, 5) is 18.1. The molecule has 8 heteroatoms. The van der Waals surface area contributed by atoms with Gasteiger partial charge in [-0.3, -0.25) is 9.79 Å². The second-order valence-corrected chi connectivity index (χ2v) is 8.22. The Morgan fingerprint density at radius 1 is 1.41 bits per heavy atom. The molecule has 1 fully saturated rings. The predicted molar refractivity (Wildman–Crippen MR) is 88.6 cm³/mol. The largest absolute Gasteiger partial charge is 0.357 e. The number of hydrogen-bond donors (Lipinski definition) is 2. The first-order valence-corrected chi connectivity index (χ1v) is 9.80. The second-order valence-electron chi connectivity index (χ2n) is 5.96. The number of guanidine groups is 1. The number of carbonyl (C=O) groups is 1. The molecule has 1 heterocycles. The first-order valence-electron chi connectivity index (χ1n) is 7.74. The fourth-order valence-electron chi connectivity index (χ4n) is 2.28. The highest BCUT2D eigenvalue weighted by atomic mass is 32.2. The van der Waals surface area contributed by atoms with Gasteiger partial charge in [-0.2, -0.15) is 0 Å². The normalized spacial score (nSPS) is 19.6. The third kappa shape index (κ3) is 6.64. The van der Waals surface area contributed by atoms with Crippen LogP contribution in [0.4, 0.5) is 0 Å². The van der Waals surface area contributed by atoms with E-state index in [9.17, 15) is 13.2 Å². The summed E-state index contributed by atoms with van der Waals surface area (Å²) in [6.07, 6.45) is 2.07. The zero-order valence-electron chi connectivity index (χ0n) is 13.9. The minimum atomic E-state index is -3.01. The van der Waals surface area contributed by atoms with Crippen molar-refractivity contribution >= 4 is 21.7 Å². The first-order chi connectivity index (χ1) is 10.2. The van der Waals surface area contributed by atoms with Gasteiger partial charge in [0.1, 0.15) is 9.84 Å². The lowest BCUT2D eigenvalue weighted by Crippen LogP contribution is -2.45. The maximum Gasteiger partial charge on any atom is 0.225 e. The smallest absolute Gasteiger partial charge is 0.225 e. The van der Waals surface area contributed by atoms with Crippen molar-refractivity contribution in [3.05, 3.63) is 0 Å². The van der Waals surface area contributed by atoms with Crippen LogP contribution >= 0.6 is 0 Å². The standard InChI is InChI=1S/C14H28N4O3S/c1-5-15-14(16-7-9-22(4,20)21)17-12-6-8-18(10-12)13(19)11(2)3/h11-12H,5-10H2,1-4H3,(H2,15,16,17). The lowest BCUT2D eigenvalue weighted by atomic mass is 10.2. The lowest BCUT2D eigenvalue weighted by Gasteiger charge is -2.20. The topological polar surface area (TPSA) is 90.9 Å². The molecule has 7 nitrogen and oxygen atoms in total. The molecule has 1 atom stereocenters. The summed E-state index contributed by atoms with van der Waals surface area (Å²) in [6.45, 7) is 8.10. The molecule has 22 heavy (non-hydrogen) atoms. The molecule has 0 aromatic rings. The number of nitrogens with zero attached hydrogens (tertiary/aromatic N) is 2. The second kappa shape index (κ2) is 8.36. The molecular weight excluding hydrogens is 304 g/mol. The maximum absolute atomic E-state index is 12.0. The molecule has 0 radical (unpaired) electrons. The van der Waals surface area contributed by atoms with E-state index in [2.05, 4.69) is 15.6 Å². The highest BCUT2D eigenvalue weighted by Gasteiger charge is 2.27. The van der Waals surface area contributed by atoms with Crippen molar-refractivity contribution in [3.63, 3.8) is 0 Å². The zero-order chi connectivity index (χ0) is 16.8. The number of nitrogens with one attached hydrogen (secondary N) is 2. The average molecular weight is 332 g/mol. The Kier molecular flexibility index (Phi) is 7.12. The molecule has 0 aromatic carbocycles. The van der Waals surface area contributed by atoms with Gasteiger partial charge in [-0.25, -0.2) is 8.42 Å². The minimum absolute atomic E-state index is 0.00964. The van der Waals surface area contributed by atoms with E-state index in [1.165, 1.54) is 6.26 Å². The van der Waals surface area contributed by atoms with Crippen LogP contribution in [0.3, 0.4) is 0 Å². The Hall–Kier alpha value is -1.31. The number of hydrogen-bond acceptors (Lipinski definition) is 4. The van der Waals surface area contributed by atoms with Gasteiger partial charge in [0.15, 0.2) is 5.96 Å². The molecule has 1 aliphatic heterocycles. The third-order valence-corrected chi connectivity index (χ3v) is 4.34. The van der Waals surface area contributed by atoms with Crippen molar-refractivity contribution in [2.75, 3.05) is 38.2 Å². The van der Waals surface area contributed by atoms with Crippen molar-refractivity contribution < 1.29 is 13.2 Å². The Morgan fingerprint density at radius 3 is 2.64 bits per heavy atom. The molecule has 1 unspecified atom stereocenters. The van der Waals surface area contributed by atoms with Crippen LogP contribution in [0.1, 0.15) is 27.2 Å². The zero-order valence-corrected chi connectivity index (χ0v) is 14.7.